The molecule has 0 bridgehead atoms. The van der Waals surface area contributed by atoms with E-state index in [-0.39, 0.29) is 23.6 Å². The lowest BCUT2D eigenvalue weighted by Crippen LogP contribution is -2.36. The largest absolute Gasteiger partial charge is 0.497 e. The van der Waals surface area contributed by atoms with Crippen LogP contribution in [0, 0.1) is 13.8 Å². The highest BCUT2D eigenvalue weighted by atomic mass is 16.5. The molecule has 0 unspecified atom stereocenters. The molecule has 3 aromatic rings. The number of benzene rings is 2. The Morgan fingerprint density at radius 2 is 1.73 bits per heavy atom. The molecule has 1 saturated carbocycles. The Morgan fingerprint density at radius 3 is 2.39 bits per heavy atom. The summed E-state index contributed by atoms with van der Waals surface area (Å²) in [6, 6.07) is 12.9. The van der Waals surface area contributed by atoms with E-state index in [0.717, 1.165) is 42.7 Å². The molecule has 1 aliphatic carbocycles. The van der Waals surface area contributed by atoms with Crippen LogP contribution in [0.4, 0.5) is 5.69 Å². The molecule has 0 saturated heterocycles. The van der Waals surface area contributed by atoms with Crippen molar-refractivity contribution in [1.82, 2.24) is 20.3 Å². The topological polar surface area (TPSA) is 98.1 Å². The maximum atomic E-state index is 12.9. The van der Waals surface area contributed by atoms with Crippen LogP contribution in [0.2, 0.25) is 0 Å². The lowest BCUT2D eigenvalue weighted by atomic mass is 9.95. The van der Waals surface area contributed by atoms with Crippen molar-refractivity contribution in [3.05, 3.63) is 65.0 Å². The summed E-state index contributed by atoms with van der Waals surface area (Å²) >= 11 is 0. The molecule has 0 aliphatic heterocycles. The molecule has 172 valence electrons. The summed E-state index contributed by atoms with van der Waals surface area (Å²) in [4.78, 5) is 25.5. The number of carbonyl (C=O) groups excluding carboxylic acids is 2. The number of methoxy groups -OCH3 is 1. The number of nitrogens with zero attached hydrogens (tertiary/aromatic N) is 3. The molecule has 4 rings (SSSR count). The van der Waals surface area contributed by atoms with Gasteiger partial charge in [-0.3, -0.25) is 9.59 Å². The Bertz CT molecular complexity index is 1150. The number of hydrogen-bond acceptors (Lipinski definition) is 5. The number of anilines is 1. The molecule has 2 amide bonds. The van der Waals surface area contributed by atoms with Crippen LogP contribution in [0.25, 0.3) is 5.69 Å². The molecule has 1 fully saturated rings. The van der Waals surface area contributed by atoms with Crippen molar-refractivity contribution < 1.29 is 14.3 Å². The predicted octanol–water partition coefficient (Wildman–Crippen LogP) is 4.21. The first kappa shape index (κ1) is 22.5. The van der Waals surface area contributed by atoms with E-state index in [1.165, 1.54) is 6.42 Å². The van der Waals surface area contributed by atoms with Gasteiger partial charge in [-0.2, -0.15) is 0 Å². The van der Waals surface area contributed by atoms with E-state index in [0.29, 0.717) is 16.9 Å². The molecule has 1 aliphatic rings. The van der Waals surface area contributed by atoms with Crippen molar-refractivity contribution in [3.8, 4) is 11.4 Å². The first-order valence-corrected chi connectivity index (χ1v) is 11.3. The van der Waals surface area contributed by atoms with Gasteiger partial charge in [0, 0.05) is 17.3 Å². The van der Waals surface area contributed by atoms with Crippen molar-refractivity contribution in [2.24, 2.45) is 0 Å². The summed E-state index contributed by atoms with van der Waals surface area (Å²) in [5, 5.41) is 14.2. The van der Waals surface area contributed by atoms with Crippen LogP contribution < -0.4 is 15.4 Å². The zero-order valence-electron chi connectivity index (χ0n) is 19.2. The SMILES string of the molecule is COc1ccc(-n2nnc(C(=O)Nc3ccc(C(=O)NC4CCCCC4)cc3C)c2C)cc1. The van der Waals surface area contributed by atoms with Crippen molar-refractivity contribution >= 4 is 17.5 Å². The van der Waals surface area contributed by atoms with Gasteiger partial charge in [0.05, 0.1) is 18.5 Å². The second-order valence-electron chi connectivity index (χ2n) is 8.43. The Kier molecular flexibility index (Phi) is 6.72. The Hall–Kier alpha value is -3.68. The van der Waals surface area contributed by atoms with Gasteiger partial charge in [0.25, 0.3) is 11.8 Å². The normalized spacial score (nSPS) is 14.0. The number of rotatable bonds is 6. The van der Waals surface area contributed by atoms with Gasteiger partial charge in [-0.25, -0.2) is 4.68 Å². The minimum Gasteiger partial charge on any atom is -0.497 e. The van der Waals surface area contributed by atoms with Gasteiger partial charge in [0.15, 0.2) is 5.69 Å². The van der Waals surface area contributed by atoms with Gasteiger partial charge < -0.3 is 15.4 Å². The third kappa shape index (κ3) is 5.05. The highest BCUT2D eigenvalue weighted by Gasteiger charge is 2.20. The number of aromatic nitrogens is 3. The lowest BCUT2D eigenvalue weighted by Gasteiger charge is -2.23. The highest BCUT2D eigenvalue weighted by Crippen LogP contribution is 2.21. The van der Waals surface area contributed by atoms with E-state index >= 15 is 0 Å². The molecule has 0 spiro atoms. The molecular formula is C25H29N5O3. The van der Waals surface area contributed by atoms with E-state index in [9.17, 15) is 9.59 Å². The Labute approximate surface area is 193 Å². The van der Waals surface area contributed by atoms with Crippen LogP contribution in [-0.4, -0.2) is 40.0 Å². The number of nitrogens with one attached hydrogen (secondary N) is 2. The van der Waals surface area contributed by atoms with E-state index in [1.54, 1.807) is 36.9 Å². The van der Waals surface area contributed by atoms with Crippen LogP contribution in [0.3, 0.4) is 0 Å². The molecular weight excluding hydrogens is 418 g/mol. The lowest BCUT2D eigenvalue weighted by molar-refractivity contribution is 0.0927. The maximum absolute atomic E-state index is 12.9. The molecule has 0 atom stereocenters. The first-order chi connectivity index (χ1) is 16.0. The van der Waals surface area contributed by atoms with E-state index in [4.69, 9.17) is 4.74 Å². The average Bonchev–Trinajstić information content (AvgIpc) is 3.22. The zero-order chi connectivity index (χ0) is 23.4. The fraction of sp³-hybridized carbons (Fsp3) is 0.360. The quantitative estimate of drug-likeness (QED) is 0.590. The Balaban J connectivity index is 1.45. The average molecular weight is 448 g/mol. The van der Waals surface area contributed by atoms with Gasteiger partial charge in [0.1, 0.15) is 5.75 Å². The molecule has 8 heteroatoms. The van der Waals surface area contributed by atoms with Crippen LogP contribution in [0.5, 0.6) is 5.75 Å². The summed E-state index contributed by atoms with van der Waals surface area (Å²) < 4.78 is 6.79. The zero-order valence-corrected chi connectivity index (χ0v) is 19.2. The summed E-state index contributed by atoms with van der Waals surface area (Å²) in [5.74, 6) is 0.316. The fourth-order valence-corrected chi connectivity index (χ4v) is 4.15. The van der Waals surface area contributed by atoms with Crippen molar-refractivity contribution in [1.29, 1.82) is 0 Å². The second kappa shape index (κ2) is 9.85. The second-order valence-corrected chi connectivity index (χ2v) is 8.43. The predicted molar refractivity (Wildman–Crippen MR) is 126 cm³/mol. The smallest absolute Gasteiger partial charge is 0.278 e. The van der Waals surface area contributed by atoms with Crippen molar-refractivity contribution in [3.63, 3.8) is 0 Å². The Morgan fingerprint density at radius 1 is 1.00 bits per heavy atom. The van der Waals surface area contributed by atoms with Crippen molar-refractivity contribution in [2.45, 2.75) is 52.0 Å². The van der Waals surface area contributed by atoms with Crippen LogP contribution in [0.1, 0.15) is 64.2 Å². The third-order valence-electron chi connectivity index (χ3n) is 6.10. The first-order valence-electron chi connectivity index (χ1n) is 11.3. The van der Waals surface area contributed by atoms with Crippen molar-refractivity contribution in [2.75, 3.05) is 12.4 Å². The summed E-state index contributed by atoms with van der Waals surface area (Å²) in [6.07, 6.45) is 5.65. The van der Waals surface area contributed by atoms with Crippen LogP contribution >= 0.6 is 0 Å². The highest BCUT2D eigenvalue weighted by molar-refractivity contribution is 6.04. The van der Waals surface area contributed by atoms with Crippen LogP contribution in [-0.2, 0) is 0 Å². The molecule has 1 heterocycles. The van der Waals surface area contributed by atoms with E-state index in [1.807, 2.05) is 31.2 Å². The van der Waals surface area contributed by atoms with Gasteiger partial charge in [-0.05, 0) is 74.7 Å². The van der Waals surface area contributed by atoms with Gasteiger partial charge in [0.2, 0.25) is 0 Å². The number of aryl methyl sites for hydroxylation is 1. The van der Waals surface area contributed by atoms with Gasteiger partial charge in [-0.15, -0.1) is 5.10 Å². The molecule has 2 aromatic carbocycles. The van der Waals surface area contributed by atoms with Crippen LogP contribution in [0.15, 0.2) is 42.5 Å². The monoisotopic (exact) mass is 447 g/mol. The molecule has 8 nitrogen and oxygen atoms in total. The standard InChI is InChI=1S/C25H29N5O3/c1-16-15-18(24(31)26-19-7-5-4-6-8-19)9-14-22(16)27-25(32)23-17(2)30(29-28-23)20-10-12-21(33-3)13-11-20/h9-15,19H,4-8H2,1-3H3,(H,26,31)(H,27,32). The summed E-state index contributed by atoms with van der Waals surface area (Å²) in [6.45, 7) is 3.67. The number of carbonyl (C=O) groups is 2. The molecule has 2 N–H and O–H groups in total. The van der Waals surface area contributed by atoms with Gasteiger partial charge in [-0.1, -0.05) is 24.5 Å². The maximum Gasteiger partial charge on any atom is 0.278 e. The molecule has 1 aromatic heterocycles. The summed E-state index contributed by atoms with van der Waals surface area (Å²) in [7, 11) is 1.61. The minimum atomic E-state index is -0.352. The number of hydrogen-bond donors (Lipinski definition) is 2. The molecule has 0 radical (unpaired) electrons. The van der Waals surface area contributed by atoms with Gasteiger partial charge >= 0.3 is 0 Å². The van der Waals surface area contributed by atoms with E-state index < -0.39 is 0 Å². The number of amides is 2. The molecule has 33 heavy (non-hydrogen) atoms. The number of ether oxygens (including phenoxy) is 1. The fourth-order valence-electron chi connectivity index (χ4n) is 4.15. The van der Waals surface area contributed by atoms with E-state index in [2.05, 4.69) is 20.9 Å². The third-order valence-corrected chi connectivity index (χ3v) is 6.10. The minimum absolute atomic E-state index is 0.0684. The summed E-state index contributed by atoms with van der Waals surface area (Å²) in [5.41, 5.74) is 3.68.